The number of carbonyl (C=O) groups excluding carboxylic acids is 1. The maximum absolute atomic E-state index is 12.2. The van der Waals surface area contributed by atoms with Crippen LogP contribution in [0, 0.1) is 17.8 Å². The van der Waals surface area contributed by atoms with Crippen LogP contribution in [-0.4, -0.2) is 5.78 Å². The van der Waals surface area contributed by atoms with Crippen LogP contribution in [0.1, 0.15) is 84.0 Å². The number of carbonyl (C=O) groups is 1. The molecule has 0 amide bonds. The summed E-state index contributed by atoms with van der Waals surface area (Å²) < 4.78 is 0. The van der Waals surface area contributed by atoms with Gasteiger partial charge in [0.2, 0.25) is 0 Å². The van der Waals surface area contributed by atoms with Gasteiger partial charge in [0.25, 0.3) is 0 Å². The molecule has 1 nitrogen and oxygen atoms in total. The average molecular weight is 250 g/mol. The van der Waals surface area contributed by atoms with Crippen molar-refractivity contribution in [2.24, 2.45) is 17.8 Å². The van der Waals surface area contributed by atoms with Gasteiger partial charge in [-0.15, -0.1) is 0 Å². The summed E-state index contributed by atoms with van der Waals surface area (Å²) in [6, 6.07) is 0. The zero-order valence-corrected chi connectivity index (χ0v) is 12.1. The maximum atomic E-state index is 12.2. The number of unbranched alkanes of at least 4 members (excludes halogenated alkanes) is 3. The van der Waals surface area contributed by atoms with E-state index in [1.807, 2.05) is 0 Å². The Morgan fingerprint density at radius 1 is 0.944 bits per heavy atom. The Labute approximate surface area is 113 Å². The van der Waals surface area contributed by atoms with E-state index in [0.717, 1.165) is 24.7 Å². The number of hydrogen-bond donors (Lipinski definition) is 0. The molecule has 0 aromatic heterocycles. The van der Waals surface area contributed by atoms with E-state index in [9.17, 15) is 4.79 Å². The third-order valence-corrected chi connectivity index (χ3v) is 5.27. The second-order valence-corrected chi connectivity index (χ2v) is 6.59. The highest BCUT2D eigenvalue weighted by atomic mass is 16.1. The summed E-state index contributed by atoms with van der Waals surface area (Å²) in [4.78, 5) is 12.2. The first kappa shape index (κ1) is 14.1. The molecule has 0 bridgehead atoms. The maximum Gasteiger partial charge on any atom is 0.135 e. The van der Waals surface area contributed by atoms with E-state index >= 15 is 0 Å². The third-order valence-electron chi connectivity index (χ3n) is 5.27. The van der Waals surface area contributed by atoms with Gasteiger partial charge in [0.15, 0.2) is 0 Å². The molecule has 0 spiro atoms. The van der Waals surface area contributed by atoms with Crippen LogP contribution in [0.15, 0.2) is 0 Å². The number of Topliss-reactive ketones (excluding diaryl/α,β-unsaturated/α-hetero) is 1. The summed E-state index contributed by atoms with van der Waals surface area (Å²) in [6.07, 6.45) is 15.3. The van der Waals surface area contributed by atoms with Crippen molar-refractivity contribution in [1.29, 1.82) is 0 Å². The van der Waals surface area contributed by atoms with Crippen LogP contribution in [0.2, 0.25) is 0 Å². The molecule has 2 rings (SSSR count). The summed E-state index contributed by atoms with van der Waals surface area (Å²) in [7, 11) is 0. The first-order chi connectivity index (χ1) is 8.81. The second-order valence-electron chi connectivity index (χ2n) is 6.59. The monoisotopic (exact) mass is 250 g/mol. The molecular formula is C17H30O. The first-order valence-corrected chi connectivity index (χ1v) is 8.34. The standard InChI is InChI=1S/C17H30O/c1-2-3-4-5-10-17(18)16-12-11-14-8-6-7-9-15(14)13-16/h14-16H,2-13H2,1H3. The molecule has 0 aromatic carbocycles. The lowest BCUT2D eigenvalue weighted by atomic mass is 9.66. The van der Waals surface area contributed by atoms with Crippen molar-refractivity contribution in [3.63, 3.8) is 0 Å². The molecule has 2 saturated carbocycles. The van der Waals surface area contributed by atoms with E-state index in [2.05, 4.69) is 6.92 Å². The Morgan fingerprint density at radius 2 is 1.72 bits per heavy atom. The molecule has 104 valence electrons. The van der Waals surface area contributed by atoms with Gasteiger partial charge in [0.05, 0.1) is 0 Å². The van der Waals surface area contributed by atoms with Crippen molar-refractivity contribution in [2.45, 2.75) is 84.0 Å². The molecule has 2 fully saturated rings. The van der Waals surface area contributed by atoms with Crippen molar-refractivity contribution in [1.82, 2.24) is 0 Å². The molecule has 2 aliphatic carbocycles. The molecule has 0 saturated heterocycles. The molecule has 3 atom stereocenters. The second kappa shape index (κ2) is 7.31. The van der Waals surface area contributed by atoms with Crippen LogP contribution in [0.4, 0.5) is 0 Å². The van der Waals surface area contributed by atoms with Gasteiger partial charge >= 0.3 is 0 Å². The van der Waals surface area contributed by atoms with Gasteiger partial charge in [0, 0.05) is 12.3 Å². The van der Waals surface area contributed by atoms with E-state index in [1.54, 1.807) is 0 Å². The Morgan fingerprint density at radius 3 is 2.50 bits per heavy atom. The van der Waals surface area contributed by atoms with Crippen LogP contribution in [0.5, 0.6) is 0 Å². The smallest absolute Gasteiger partial charge is 0.135 e. The largest absolute Gasteiger partial charge is 0.299 e. The number of hydrogen-bond acceptors (Lipinski definition) is 1. The lowest BCUT2D eigenvalue weighted by molar-refractivity contribution is -0.125. The van der Waals surface area contributed by atoms with Crippen molar-refractivity contribution < 1.29 is 4.79 Å². The summed E-state index contributed by atoms with van der Waals surface area (Å²) in [5.41, 5.74) is 0. The molecule has 3 unspecified atom stereocenters. The van der Waals surface area contributed by atoms with E-state index in [-0.39, 0.29) is 0 Å². The first-order valence-electron chi connectivity index (χ1n) is 8.34. The predicted octanol–water partition coefficient (Wildman–Crippen LogP) is 5.13. The molecule has 0 aliphatic heterocycles. The summed E-state index contributed by atoms with van der Waals surface area (Å²) in [5, 5.41) is 0. The van der Waals surface area contributed by atoms with Crippen LogP contribution in [0.3, 0.4) is 0 Å². The van der Waals surface area contributed by atoms with Crippen molar-refractivity contribution in [2.75, 3.05) is 0 Å². The highest BCUT2D eigenvalue weighted by Gasteiger charge is 2.34. The third kappa shape index (κ3) is 3.83. The molecule has 0 radical (unpaired) electrons. The molecular weight excluding hydrogens is 220 g/mol. The van der Waals surface area contributed by atoms with Gasteiger partial charge in [-0.1, -0.05) is 51.9 Å². The van der Waals surface area contributed by atoms with Crippen molar-refractivity contribution in [3.05, 3.63) is 0 Å². The molecule has 0 N–H and O–H groups in total. The zero-order chi connectivity index (χ0) is 12.8. The van der Waals surface area contributed by atoms with Crippen LogP contribution >= 0.6 is 0 Å². The highest BCUT2D eigenvalue weighted by Crippen LogP contribution is 2.43. The minimum Gasteiger partial charge on any atom is -0.299 e. The van der Waals surface area contributed by atoms with Gasteiger partial charge < -0.3 is 0 Å². The van der Waals surface area contributed by atoms with Crippen LogP contribution in [-0.2, 0) is 4.79 Å². The Bertz CT molecular complexity index is 258. The topological polar surface area (TPSA) is 17.1 Å². The fourth-order valence-electron chi connectivity index (χ4n) is 4.10. The van der Waals surface area contributed by atoms with Gasteiger partial charge in [-0.2, -0.15) is 0 Å². The van der Waals surface area contributed by atoms with E-state index in [4.69, 9.17) is 0 Å². The molecule has 0 aromatic rings. The van der Waals surface area contributed by atoms with Crippen molar-refractivity contribution in [3.8, 4) is 0 Å². The molecule has 1 heteroatoms. The van der Waals surface area contributed by atoms with Gasteiger partial charge in [-0.3, -0.25) is 4.79 Å². The van der Waals surface area contributed by atoms with Crippen molar-refractivity contribution >= 4 is 5.78 Å². The normalized spacial score (nSPS) is 31.9. The molecule has 18 heavy (non-hydrogen) atoms. The predicted molar refractivity (Wildman–Crippen MR) is 76.6 cm³/mol. The quantitative estimate of drug-likeness (QED) is 0.597. The fourth-order valence-corrected chi connectivity index (χ4v) is 4.10. The van der Waals surface area contributed by atoms with E-state index in [0.29, 0.717) is 11.7 Å². The number of ketones is 1. The van der Waals surface area contributed by atoms with E-state index in [1.165, 1.54) is 64.2 Å². The average Bonchev–Trinajstić information content (AvgIpc) is 2.43. The van der Waals surface area contributed by atoms with Gasteiger partial charge in [-0.05, 0) is 37.5 Å². The lowest BCUT2D eigenvalue weighted by Crippen LogP contribution is -2.31. The molecule has 2 aliphatic rings. The highest BCUT2D eigenvalue weighted by molar-refractivity contribution is 5.81. The SMILES string of the molecule is CCCCCCC(=O)C1CCC2CCCCC2C1. The minimum atomic E-state index is 0.436. The Kier molecular flexibility index (Phi) is 5.72. The number of fused-ring (bicyclic) bond motifs is 1. The zero-order valence-electron chi connectivity index (χ0n) is 12.1. The molecule has 0 heterocycles. The Balaban J connectivity index is 1.71. The Hall–Kier alpha value is -0.330. The lowest BCUT2D eigenvalue weighted by Gasteiger charge is -2.38. The number of rotatable bonds is 6. The van der Waals surface area contributed by atoms with Gasteiger partial charge in [0.1, 0.15) is 5.78 Å². The summed E-state index contributed by atoms with van der Waals surface area (Å²) in [5.74, 6) is 2.90. The summed E-state index contributed by atoms with van der Waals surface area (Å²) in [6.45, 7) is 2.23. The van der Waals surface area contributed by atoms with E-state index < -0.39 is 0 Å². The summed E-state index contributed by atoms with van der Waals surface area (Å²) >= 11 is 0. The van der Waals surface area contributed by atoms with Gasteiger partial charge in [-0.25, -0.2) is 0 Å². The fraction of sp³-hybridized carbons (Fsp3) is 0.941. The minimum absolute atomic E-state index is 0.436. The van der Waals surface area contributed by atoms with Crippen LogP contribution < -0.4 is 0 Å². The van der Waals surface area contributed by atoms with Crippen LogP contribution in [0.25, 0.3) is 0 Å².